The molecule has 1 aliphatic rings. The number of hydrogen-bond acceptors (Lipinski definition) is 5. The topological polar surface area (TPSA) is 74.0 Å². The van der Waals surface area contributed by atoms with Gasteiger partial charge in [0.25, 0.3) is 5.91 Å². The molecule has 0 unspecified atom stereocenters. The average molecular weight is 538 g/mol. The molecule has 39 heavy (non-hydrogen) atoms. The zero-order valence-electron chi connectivity index (χ0n) is 21.8. The van der Waals surface area contributed by atoms with Crippen LogP contribution in [-0.2, 0) is 12.6 Å². The predicted molar refractivity (Wildman–Crippen MR) is 141 cm³/mol. The Morgan fingerprint density at radius 3 is 2.28 bits per heavy atom. The van der Waals surface area contributed by atoms with Crippen molar-refractivity contribution < 1.29 is 23.1 Å². The molecule has 0 radical (unpaired) electrons. The van der Waals surface area contributed by atoms with Crippen LogP contribution in [0.3, 0.4) is 0 Å². The Balaban J connectivity index is 1.46. The van der Waals surface area contributed by atoms with Gasteiger partial charge in [-0.2, -0.15) is 18.3 Å². The van der Waals surface area contributed by atoms with Crippen LogP contribution in [-0.4, -0.2) is 68.2 Å². The Labute approximate surface area is 224 Å². The fraction of sp³-hybridized carbons (Fsp3) is 0.345. The van der Waals surface area contributed by atoms with Crippen LogP contribution in [0.4, 0.5) is 13.2 Å². The zero-order chi connectivity index (χ0) is 27.7. The van der Waals surface area contributed by atoms with Crippen LogP contribution in [0.5, 0.6) is 0 Å². The third kappa shape index (κ3) is 5.14. The molecule has 2 aromatic carbocycles. The fourth-order valence-corrected chi connectivity index (χ4v) is 5.25. The molecule has 2 aromatic heterocycles. The van der Waals surface area contributed by atoms with Crippen LogP contribution >= 0.6 is 0 Å². The maximum Gasteiger partial charge on any atom is 0.433 e. The van der Waals surface area contributed by atoms with Gasteiger partial charge >= 0.3 is 6.18 Å². The number of carbonyl (C=O) groups is 1. The molecule has 0 spiro atoms. The van der Waals surface area contributed by atoms with Gasteiger partial charge in [-0.1, -0.05) is 61.5 Å². The first-order valence-corrected chi connectivity index (χ1v) is 13.0. The van der Waals surface area contributed by atoms with E-state index >= 15 is 0 Å². The van der Waals surface area contributed by atoms with Crippen LogP contribution < -0.4 is 0 Å². The first-order chi connectivity index (χ1) is 18.7. The smallest absolute Gasteiger partial charge is 0.394 e. The molecule has 0 bridgehead atoms. The van der Waals surface area contributed by atoms with Crippen molar-refractivity contribution in [3.05, 3.63) is 88.7 Å². The van der Waals surface area contributed by atoms with E-state index in [0.29, 0.717) is 31.7 Å². The lowest BCUT2D eigenvalue weighted by Crippen LogP contribution is -2.50. The van der Waals surface area contributed by atoms with E-state index in [-0.39, 0.29) is 35.1 Å². The predicted octanol–water partition coefficient (Wildman–Crippen LogP) is 4.78. The summed E-state index contributed by atoms with van der Waals surface area (Å²) in [6.07, 6.45) is -2.72. The molecule has 3 heterocycles. The first kappa shape index (κ1) is 26.8. The second-order valence-corrected chi connectivity index (χ2v) is 9.71. The number of alkyl halides is 3. The minimum absolute atomic E-state index is 0.0298. The van der Waals surface area contributed by atoms with Crippen molar-refractivity contribution in [3.8, 4) is 11.3 Å². The van der Waals surface area contributed by atoms with Gasteiger partial charge in [0.15, 0.2) is 11.3 Å². The summed E-state index contributed by atoms with van der Waals surface area (Å²) >= 11 is 0. The molecule has 1 saturated heterocycles. The Hall–Kier alpha value is -3.76. The number of fused-ring (bicyclic) bond motifs is 1. The van der Waals surface area contributed by atoms with Crippen LogP contribution in [0, 0.1) is 6.92 Å². The number of aryl methyl sites for hydroxylation is 1. The van der Waals surface area contributed by atoms with Crippen molar-refractivity contribution in [3.63, 3.8) is 0 Å². The lowest BCUT2D eigenvalue weighted by molar-refractivity contribution is -0.143. The van der Waals surface area contributed by atoms with E-state index in [1.807, 2.05) is 49.4 Å². The monoisotopic (exact) mass is 537 g/mol. The van der Waals surface area contributed by atoms with Crippen molar-refractivity contribution in [1.29, 1.82) is 0 Å². The van der Waals surface area contributed by atoms with Crippen LogP contribution in [0.2, 0.25) is 0 Å². The molecule has 7 nitrogen and oxygen atoms in total. The second-order valence-electron chi connectivity index (χ2n) is 9.71. The van der Waals surface area contributed by atoms with E-state index < -0.39 is 17.8 Å². The summed E-state index contributed by atoms with van der Waals surface area (Å²) in [5, 5.41) is 14.0. The van der Waals surface area contributed by atoms with Crippen molar-refractivity contribution in [1.82, 2.24) is 24.4 Å². The highest BCUT2D eigenvalue weighted by atomic mass is 19.4. The van der Waals surface area contributed by atoms with E-state index in [9.17, 15) is 23.1 Å². The van der Waals surface area contributed by atoms with Crippen molar-refractivity contribution in [2.24, 2.45) is 0 Å². The summed E-state index contributed by atoms with van der Waals surface area (Å²) in [6.45, 7) is 5.08. The van der Waals surface area contributed by atoms with E-state index in [2.05, 4.69) is 15.0 Å². The number of amides is 1. The normalized spacial score (nSPS) is 15.6. The second kappa shape index (κ2) is 10.8. The number of aliphatic hydroxyl groups excluding tert-OH is 1. The fourth-order valence-electron chi connectivity index (χ4n) is 5.25. The highest BCUT2D eigenvalue weighted by Gasteiger charge is 2.39. The van der Waals surface area contributed by atoms with Crippen LogP contribution in [0.15, 0.2) is 60.8 Å². The maximum atomic E-state index is 14.2. The summed E-state index contributed by atoms with van der Waals surface area (Å²) in [4.78, 5) is 21.8. The van der Waals surface area contributed by atoms with Crippen LogP contribution in [0.1, 0.15) is 45.7 Å². The molecular weight excluding hydrogens is 507 g/mol. The molecule has 10 heteroatoms. The molecule has 1 N–H and O–H groups in total. The molecule has 1 amide bonds. The molecule has 5 rings (SSSR count). The molecule has 0 saturated carbocycles. The number of rotatable bonds is 6. The standard InChI is InChI=1S/C29H30F3N5O2/c1-3-20-9-11-22(12-10-20)25-19(2)26(29(30,31)32)37-27(34-25)23(17-33-37)28(39)36-15-13-35(14-16-36)24(18-38)21-7-5-4-6-8-21/h4-12,17,24,38H,3,13-16,18H2,1-2H3/t24-/m0/s1. The Kier molecular flexibility index (Phi) is 7.42. The van der Waals surface area contributed by atoms with E-state index in [1.54, 1.807) is 17.0 Å². The molecule has 4 aromatic rings. The van der Waals surface area contributed by atoms with Gasteiger partial charge in [0.1, 0.15) is 5.56 Å². The van der Waals surface area contributed by atoms with Crippen molar-refractivity contribution in [2.45, 2.75) is 32.5 Å². The Morgan fingerprint density at radius 2 is 1.69 bits per heavy atom. The number of aromatic nitrogens is 3. The van der Waals surface area contributed by atoms with Gasteiger partial charge in [-0.3, -0.25) is 9.69 Å². The number of benzene rings is 2. The first-order valence-electron chi connectivity index (χ1n) is 13.0. The van der Waals surface area contributed by atoms with Gasteiger partial charge in [-0.25, -0.2) is 9.50 Å². The number of aliphatic hydroxyl groups is 1. The molecule has 1 aliphatic heterocycles. The van der Waals surface area contributed by atoms with Crippen molar-refractivity contribution >= 4 is 11.6 Å². The summed E-state index contributed by atoms with van der Waals surface area (Å²) in [7, 11) is 0. The third-order valence-electron chi connectivity index (χ3n) is 7.42. The highest BCUT2D eigenvalue weighted by molar-refractivity contribution is 6.00. The van der Waals surface area contributed by atoms with Gasteiger partial charge in [0.05, 0.1) is 24.5 Å². The highest BCUT2D eigenvalue weighted by Crippen LogP contribution is 2.36. The summed E-state index contributed by atoms with van der Waals surface area (Å²) in [5.74, 6) is -0.415. The average Bonchev–Trinajstić information content (AvgIpc) is 3.36. The molecular formula is C29H30F3N5O2. The number of halogens is 3. The van der Waals surface area contributed by atoms with Gasteiger partial charge in [0, 0.05) is 37.3 Å². The third-order valence-corrected chi connectivity index (χ3v) is 7.42. The summed E-state index contributed by atoms with van der Waals surface area (Å²) in [5.41, 5.74) is 1.68. The summed E-state index contributed by atoms with van der Waals surface area (Å²) < 4.78 is 43.5. The molecule has 1 fully saturated rings. The maximum absolute atomic E-state index is 14.2. The largest absolute Gasteiger partial charge is 0.433 e. The number of piperazine rings is 1. The molecule has 0 aliphatic carbocycles. The zero-order valence-corrected chi connectivity index (χ0v) is 21.8. The number of nitrogens with zero attached hydrogens (tertiary/aromatic N) is 5. The SMILES string of the molecule is CCc1ccc(-c2nc3c(C(=O)N4CCN([C@@H](CO)c5ccccc5)CC4)cnn3c(C(F)(F)F)c2C)cc1. The van der Waals surface area contributed by atoms with E-state index in [0.717, 1.165) is 22.1 Å². The Morgan fingerprint density at radius 1 is 1.03 bits per heavy atom. The van der Waals surface area contributed by atoms with Gasteiger partial charge < -0.3 is 10.0 Å². The van der Waals surface area contributed by atoms with Crippen LogP contribution in [0.25, 0.3) is 16.9 Å². The van der Waals surface area contributed by atoms with Gasteiger partial charge in [-0.05, 0) is 24.5 Å². The minimum Gasteiger partial charge on any atom is -0.394 e. The summed E-state index contributed by atoms with van der Waals surface area (Å²) in [6, 6.07) is 16.7. The number of hydrogen-bond donors (Lipinski definition) is 1. The lowest BCUT2D eigenvalue weighted by atomic mass is 10.0. The Bertz CT molecular complexity index is 1460. The van der Waals surface area contributed by atoms with Gasteiger partial charge in [0.2, 0.25) is 0 Å². The quantitative estimate of drug-likeness (QED) is 0.383. The van der Waals surface area contributed by atoms with Gasteiger partial charge in [-0.15, -0.1) is 0 Å². The molecule has 1 atom stereocenters. The van der Waals surface area contributed by atoms with E-state index in [4.69, 9.17) is 0 Å². The minimum atomic E-state index is -4.70. The number of carbonyl (C=O) groups excluding carboxylic acids is 1. The lowest BCUT2D eigenvalue weighted by Gasteiger charge is -2.38. The van der Waals surface area contributed by atoms with E-state index in [1.165, 1.54) is 13.1 Å². The molecule has 204 valence electrons. The van der Waals surface area contributed by atoms with Crippen molar-refractivity contribution in [2.75, 3.05) is 32.8 Å².